The van der Waals surface area contributed by atoms with E-state index in [9.17, 15) is 0 Å². The Labute approximate surface area is 98.8 Å². The second-order valence-electron chi connectivity index (χ2n) is 4.07. The maximum atomic E-state index is 4.30. The number of aromatic nitrogens is 1. The van der Waals surface area contributed by atoms with E-state index in [0.717, 1.165) is 25.2 Å². The van der Waals surface area contributed by atoms with Crippen LogP contribution in [0.25, 0.3) is 6.08 Å². The summed E-state index contributed by atoms with van der Waals surface area (Å²) >= 11 is 0. The van der Waals surface area contributed by atoms with Gasteiger partial charge in [-0.15, -0.1) is 0 Å². The first kappa shape index (κ1) is 12.9. The van der Waals surface area contributed by atoms with Crippen molar-refractivity contribution in [1.82, 2.24) is 10.3 Å². The summed E-state index contributed by atoms with van der Waals surface area (Å²) in [6, 6.07) is 4.18. The maximum absolute atomic E-state index is 4.30. The van der Waals surface area contributed by atoms with E-state index in [4.69, 9.17) is 0 Å². The zero-order valence-corrected chi connectivity index (χ0v) is 10.6. The molecule has 0 aliphatic carbocycles. The van der Waals surface area contributed by atoms with Gasteiger partial charge in [-0.1, -0.05) is 31.6 Å². The highest BCUT2D eigenvalue weighted by atomic mass is 14.8. The van der Waals surface area contributed by atoms with Gasteiger partial charge in [-0.2, -0.15) is 0 Å². The molecule has 1 heterocycles. The molecular formula is C14H22N2. The van der Waals surface area contributed by atoms with Crippen LogP contribution in [0, 0.1) is 6.92 Å². The number of pyridine rings is 1. The third kappa shape index (κ3) is 4.58. The quantitative estimate of drug-likeness (QED) is 0.742. The van der Waals surface area contributed by atoms with E-state index in [2.05, 4.69) is 42.4 Å². The Morgan fingerprint density at radius 3 is 2.75 bits per heavy atom. The predicted octanol–water partition coefficient (Wildman–Crippen LogP) is 3.18. The van der Waals surface area contributed by atoms with Crippen LogP contribution in [0.3, 0.4) is 0 Å². The highest BCUT2D eigenvalue weighted by Gasteiger charge is 1.95. The molecule has 88 valence electrons. The predicted molar refractivity (Wildman–Crippen MR) is 70.4 cm³/mol. The normalized spacial score (nSPS) is 11.8. The molecule has 0 atom stereocenters. The lowest BCUT2D eigenvalue weighted by molar-refractivity contribution is 0.706. The zero-order chi connectivity index (χ0) is 11.8. The summed E-state index contributed by atoms with van der Waals surface area (Å²) in [4.78, 5) is 4.30. The summed E-state index contributed by atoms with van der Waals surface area (Å²) in [5.41, 5.74) is 3.69. The van der Waals surface area contributed by atoms with Gasteiger partial charge in [-0.25, -0.2) is 0 Å². The summed E-state index contributed by atoms with van der Waals surface area (Å²) in [5, 5.41) is 3.43. The van der Waals surface area contributed by atoms with Gasteiger partial charge in [0, 0.05) is 18.4 Å². The molecule has 0 saturated carbocycles. The molecule has 0 fully saturated rings. The molecule has 1 rings (SSSR count). The van der Waals surface area contributed by atoms with Crippen LogP contribution in [0.2, 0.25) is 0 Å². The van der Waals surface area contributed by atoms with Crippen LogP contribution in [0.4, 0.5) is 0 Å². The molecule has 0 bridgehead atoms. The third-order valence-electron chi connectivity index (χ3n) is 2.54. The van der Waals surface area contributed by atoms with Gasteiger partial charge in [0.2, 0.25) is 0 Å². The van der Waals surface area contributed by atoms with Crippen molar-refractivity contribution < 1.29 is 0 Å². The van der Waals surface area contributed by atoms with Crippen LogP contribution < -0.4 is 5.32 Å². The summed E-state index contributed by atoms with van der Waals surface area (Å²) < 4.78 is 0. The first-order chi connectivity index (χ1) is 7.76. The van der Waals surface area contributed by atoms with Crippen LogP contribution in [0.15, 0.2) is 23.9 Å². The minimum atomic E-state index is 0.984. The second kappa shape index (κ2) is 7.18. The van der Waals surface area contributed by atoms with E-state index in [1.54, 1.807) is 0 Å². The first-order valence-corrected chi connectivity index (χ1v) is 6.09. The van der Waals surface area contributed by atoms with E-state index < -0.39 is 0 Å². The van der Waals surface area contributed by atoms with Crippen LogP contribution in [-0.4, -0.2) is 18.1 Å². The lowest BCUT2D eigenvalue weighted by atomic mass is 10.1. The highest BCUT2D eigenvalue weighted by Crippen LogP contribution is 2.08. The van der Waals surface area contributed by atoms with E-state index >= 15 is 0 Å². The van der Waals surface area contributed by atoms with Crippen molar-refractivity contribution in [3.05, 3.63) is 35.2 Å². The Bertz CT molecular complexity index is 325. The standard InChI is InChI=1S/C14H22N2/c1-4-8-15-10-13(5-2)9-14-7-6-12(3)16-11-14/h6-7,9,11,15H,4-5,8,10H2,1-3H3/b13-9+. The molecule has 1 N–H and O–H groups in total. The Morgan fingerprint density at radius 1 is 1.38 bits per heavy atom. The summed E-state index contributed by atoms with van der Waals surface area (Å²) in [6.45, 7) is 8.46. The van der Waals surface area contributed by atoms with Gasteiger partial charge in [-0.3, -0.25) is 4.98 Å². The fraction of sp³-hybridized carbons (Fsp3) is 0.500. The molecule has 16 heavy (non-hydrogen) atoms. The SMILES string of the molecule is CCCNC/C(=C/c1ccc(C)nc1)CC. The average Bonchev–Trinajstić information content (AvgIpc) is 2.31. The van der Waals surface area contributed by atoms with E-state index in [0.29, 0.717) is 0 Å². The molecule has 1 aromatic rings. The van der Waals surface area contributed by atoms with Crippen molar-refractivity contribution in [2.45, 2.75) is 33.6 Å². The monoisotopic (exact) mass is 218 g/mol. The Morgan fingerprint density at radius 2 is 2.19 bits per heavy atom. The van der Waals surface area contributed by atoms with Crippen molar-refractivity contribution in [2.24, 2.45) is 0 Å². The molecule has 0 unspecified atom stereocenters. The van der Waals surface area contributed by atoms with Gasteiger partial charge < -0.3 is 5.32 Å². The smallest absolute Gasteiger partial charge is 0.0373 e. The van der Waals surface area contributed by atoms with Crippen molar-refractivity contribution in [3.63, 3.8) is 0 Å². The number of hydrogen-bond donors (Lipinski definition) is 1. The van der Waals surface area contributed by atoms with Crippen LogP contribution in [0.1, 0.15) is 37.9 Å². The fourth-order valence-corrected chi connectivity index (χ4v) is 1.50. The van der Waals surface area contributed by atoms with E-state index in [-0.39, 0.29) is 0 Å². The van der Waals surface area contributed by atoms with Gasteiger partial charge in [0.15, 0.2) is 0 Å². The molecule has 0 radical (unpaired) electrons. The minimum absolute atomic E-state index is 0.984. The van der Waals surface area contributed by atoms with Crippen LogP contribution in [0.5, 0.6) is 0 Å². The molecule has 0 aromatic carbocycles. The highest BCUT2D eigenvalue weighted by molar-refractivity contribution is 5.52. The fourth-order valence-electron chi connectivity index (χ4n) is 1.50. The van der Waals surface area contributed by atoms with Crippen LogP contribution >= 0.6 is 0 Å². The average molecular weight is 218 g/mol. The maximum Gasteiger partial charge on any atom is 0.0373 e. The zero-order valence-electron chi connectivity index (χ0n) is 10.6. The van der Waals surface area contributed by atoms with E-state index in [1.807, 2.05) is 13.1 Å². The van der Waals surface area contributed by atoms with Gasteiger partial charge in [0.05, 0.1) is 0 Å². The molecular weight excluding hydrogens is 196 g/mol. The van der Waals surface area contributed by atoms with Crippen molar-refractivity contribution >= 4 is 6.08 Å². The van der Waals surface area contributed by atoms with Gasteiger partial charge >= 0.3 is 0 Å². The number of nitrogens with zero attached hydrogens (tertiary/aromatic N) is 1. The molecule has 1 aromatic heterocycles. The number of nitrogens with one attached hydrogen (secondary N) is 1. The number of rotatable bonds is 6. The molecule has 0 amide bonds. The van der Waals surface area contributed by atoms with Gasteiger partial charge in [0.25, 0.3) is 0 Å². The lowest BCUT2D eigenvalue weighted by Gasteiger charge is -2.06. The second-order valence-corrected chi connectivity index (χ2v) is 4.07. The number of aryl methyl sites for hydroxylation is 1. The Hall–Kier alpha value is -1.15. The largest absolute Gasteiger partial charge is 0.313 e. The van der Waals surface area contributed by atoms with Crippen molar-refractivity contribution in [3.8, 4) is 0 Å². The molecule has 0 saturated heterocycles. The molecule has 0 aliphatic heterocycles. The summed E-state index contributed by atoms with van der Waals surface area (Å²) in [5.74, 6) is 0. The minimum Gasteiger partial charge on any atom is -0.313 e. The molecule has 2 nitrogen and oxygen atoms in total. The molecule has 0 aliphatic rings. The van der Waals surface area contributed by atoms with Crippen molar-refractivity contribution in [2.75, 3.05) is 13.1 Å². The van der Waals surface area contributed by atoms with Gasteiger partial charge in [-0.05, 0) is 37.9 Å². The molecule has 0 spiro atoms. The van der Waals surface area contributed by atoms with Crippen LogP contribution in [-0.2, 0) is 0 Å². The van der Waals surface area contributed by atoms with E-state index in [1.165, 1.54) is 17.6 Å². The number of hydrogen-bond acceptors (Lipinski definition) is 2. The van der Waals surface area contributed by atoms with Crippen molar-refractivity contribution in [1.29, 1.82) is 0 Å². The third-order valence-corrected chi connectivity index (χ3v) is 2.54. The Kier molecular flexibility index (Phi) is 5.79. The molecule has 2 heteroatoms. The Balaban J connectivity index is 2.60. The summed E-state index contributed by atoms with van der Waals surface area (Å²) in [7, 11) is 0. The first-order valence-electron chi connectivity index (χ1n) is 6.09. The summed E-state index contributed by atoms with van der Waals surface area (Å²) in [6.07, 6.45) is 6.44. The lowest BCUT2D eigenvalue weighted by Crippen LogP contribution is -2.17. The van der Waals surface area contributed by atoms with Gasteiger partial charge in [0.1, 0.15) is 0 Å². The topological polar surface area (TPSA) is 24.9 Å².